The summed E-state index contributed by atoms with van der Waals surface area (Å²) in [6.45, 7) is 6.78. The van der Waals surface area contributed by atoms with Crippen LogP contribution in [-0.4, -0.2) is 41.3 Å². The van der Waals surface area contributed by atoms with E-state index in [4.69, 9.17) is 4.74 Å². The zero-order valence-electron chi connectivity index (χ0n) is 19.1. The van der Waals surface area contributed by atoms with E-state index >= 15 is 0 Å². The van der Waals surface area contributed by atoms with Crippen LogP contribution in [0.4, 0.5) is 0 Å². The Labute approximate surface area is 180 Å². The summed E-state index contributed by atoms with van der Waals surface area (Å²) in [5.74, 6) is 1.92. The number of ketones is 1. The minimum Gasteiger partial charge on any atom is -0.469 e. The van der Waals surface area contributed by atoms with Crippen LogP contribution in [0, 0.1) is 46.3 Å². The fourth-order valence-electron chi connectivity index (χ4n) is 8.59. The van der Waals surface area contributed by atoms with Crippen LogP contribution in [0.15, 0.2) is 0 Å². The van der Waals surface area contributed by atoms with Gasteiger partial charge < -0.3 is 14.9 Å². The van der Waals surface area contributed by atoms with Crippen molar-refractivity contribution in [1.82, 2.24) is 0 Å². The number of aliphatic hydroxyl groups excluding tert-OH is 2. The highest BCUT2D eigenvalue weighted by Gasteiger charge is 2.65. The van der Waals surface area contributed by atoms with Gasteiger partial charge in [0.15, 0.2) is 0 Å². The molecule has 0 bridgehead atoms. The molecule has 0 aliphatic heterocycles. The predicted molar refractivity (Wildman–Crippen MR) is 113 cm³/mol. The van der Waals surface area contributed by atoms with E-state index in [9.17, 15) is 19.8 Å². The highest BCUT2D eigenvalue weighted by atomic mass is 16.5. The molecule has 5 nitrogen and oxygen atoms in total. The lowest BCUT2D eigenvalue weighted by atomic mass is 9.43. The quantitative estimate of drug-likeness (QED) is 0.677. The molecule has 4 rings (SSSR count). The molecule has 170 valence electrons. The second kappa shape index (κ2) is 7.88. The number of hydrogen-bond donors (Lipinski definition) is 2. The van der Waals surface area contributed by atoms with Gasteiger partial charge in [-0.2, -0.15) is 0 Å². The molecule has 0 heterocycles. The first-order valence-electron chi connectivity index (χ1n) is 12.1. The van der Waals surface area contributed by atoms with Crippen molar-refractivity contribution in [2.45, 2.75) is 90.8 Å². The fraction of sp³-hybridized carbons (Fsp3) is 0.920. The Bertz CT molecular complexity index is 691. The first-order chi connectivity index (χ1) is 14.1. The van der Waals surface area contributed by atoms with E-state index in [1.54, 1.807) is 0 Å². The lowest BCUT2D eigenvalue weighted by Crippen LogP contribution is -2.62. The van der Waals surface area contributed by atoms with Crippen molar-refractivity contribution in [2.75, 3.05) is 7.11 Å². The van der Waals surface area contributed by atoms with Gasteiger partial charge in [-0.1, -0.05) is 20.8 Å². The molecule has 4 aliphatic rings. The summed E-state index contributed by atoms with van der Waals surface area (Å²) in [5.41, 5.74) is -0.167. The molecule has 0 spiro atoms. The van der Waals surface area contributed by atoms with E-state index in [-0.39, 0.29) is 40.7 Å². The van der Waals surface area contributed by atoms with Crippen LogP contribution < -0.4 is 0 Å². The monoisotopic (exact) mass is 420 g/mol. The van der Waals surface area contributed by atoms with Crippen molar-refractivity contribution >= 4 is 11.8 Å². The van der Waals surface area contributed by atoms with Crippen LogP contribution in [0.2, 0.25) is 0 Å². The summed E-state index contributed by atoms with van der Waals surface area (Å²) in [7, 11) is 1.43. The molecule has 6 unspecified atom stereocenters. The number of methoxy groups -OCH3 is 1. The van der Waals surface area contributed by atoms with Crippen LogP contribution in [0.5, 0.6) is 0 Å². The third kappa shape index (κ3) is 3.26. The second-order valence-electron chi connectivity index (χ2n) is 11.4. The number of carbonyl (C=O) groups excluding carboxylic acids is 2. The van der Waals surface area contributed by atoms with E-state index in [0.717, 1.165) is 38.5 Å². The van der Waals surface area contributed by atoms with Gasteiger partial charge in [-0.15, -0.1) is 0 Å². The number of ether oxygens (including phenoxy) is 1. The minimum absolute atomic E-state index is 0.0503. The first-order valence-corrected chi connectivity index (χ1v) is 12.1. The summed E-state index contributed by atoms with van der Waals surface area (Å²) in [4.78, 5) is 23.8. The fourth-order valence-corrected chi connectivity index (χ4v) is 8.59. The van der Waals surface area contributed by atoms with E-state index in [1.807, 2.05) is 0 Å². The summed E-state index contributed by atoms with van der Waals surface area (Å²) in [6, 6.07) is 0. The molecule has 0 radical (unpaired) electrons. The summed E-state index contributed by atoms with van der Waals surface area (Å²) in [5, 5.41) is 22.8. The standard InChI is InChI=1S/C25H40O5/c1-14(5-8-22(29)30-4)17-6-7-18-23-19(13-21(28)25(17,18)3)24(2)10-9-16(26)11-15(24)12-20(23)27/h14-15,17-21,23,27-28H,5-13H2,1-4H3/t14?,15?,17?,18?,19?,20-,21+,23?,24+,25-/m1/s1. The highest BCUT2D eigenvalue weighted by Crippen LogP contribution is 2.68. The van der Waals surface area contributed by atoms with Gasteiger partial charge in [-0.25, -0.2) is 0 Å². The van der Waals surface area contributed by atoms with Gasteiger partial charge in [-0.3, -0.25) is 9.59 Å². The Morgan fingerprint density at radius 3 is 2.63 bits per heavy atom. The number of aliphatic hydroxyl groups is 2. The molecule has 0 aromatic heterocycles. The number of esters is 1. The molecule has 0 amide bonds. The van der Waals surface area contributed by atoms with Crippen LogP contribution in [0.3, 0.4) is 0 Å². The molecule has 0 saturated heterocycles. The maximum atomic E-state index is 12.1. The molecule has 0 aromatic rings. The van der Waals surface area contributed by atoms with E-state index in [2.05, 4.69) is 20.8 Å². The van der Waals surface area contributed by atoms with Gasteiger partial charge in [0.2, 0.25) is 0 Å². The molecule has 0 aromatic carbocycles. The van der Waals surface area contributed by atoms with Crippen LogP contribution in [0.1, 0.15) is 78.6 Å². The van der Waals surface area contributed by atoms with Crippen LogP contribution in [-0.2, 0) is 14.3 Å². The van der Waals surface area contributed by atoms with Gasteiger partial charge in [0.1, 0.15) is 5.78 Å². The second-order valence-corrected chi connectivity index (χ2v) is 11.4. The normalized spacial score (nSPS) is 49.0. The van der Waals surface area contributed by atoms with Gasteiger partial charge in [-0.05, 0) is 84.9 Å². The van der Waals surface area contributed by atoms with Crippen molar-refractivity contribution in [1.29, 1.82) is 0 Å². The van der Waals surface area contributed by atoms with Crippen molar-refractivity contribution in [3.8, 4) is 0 Å². The Hall–Kier alpha value is -0.940. The van der Waals surface area contributed by atoms with E-state index in [1.165, 1.54) is 7.11 Å². The maximum absolute atomic E-state index is 12.1. The molecule has 30 heavy (non-hydrogen) atoms. The van der Waals surface area contributed by atoms with Crippen molar-refractivity contribution in [2.24, 2.45) is 46.3 Å². The van der Waals surface area contributed by atoms with Gasteiger partial charge in [0.05, 0.1) is 19.3 Å². The average molecular weight is 421 g/mol. The first kappa shape index (κ1) is 22.3. The SMILES string of the molecule is COC(=O)CCC(C)C1CCC2C3C(C[C@H](O)[C@]12C)[C@@]1(C)CCC(=O)CC1C[C@H]3O. The van der Waals surface area contributed by atoms with Crippen molar-refractivity contribution in [3.05, 3.63) is 0 Å². The molecule has 10 atom stereocenters. The van der Waals surface area contributed by atoms with Crippen LogP contribution >= 0.6 is 0 Å². The number of hydrogen-bond acceptors (Lipinski definition) is 5. The summed E-state index contributed by atoms with van der Waals surface area (Å²) < 4.78 is 4.82. The smallest absolute Gasteiger partial charge is 0.305 e. The van der Waals surface area contributed by atoms with Gasteiger partial charge in [0.25, 0.3) is 0 Å². The summed E-state index contributed by atoms with van der Waals surface area (Å²) >= 11 is 0. The Balaban J connectivity index is 1.58. The third-order valence-electron chi connectivity index (χ3n) is 10.4. The third-order valence-corrected chi connectivity index (χ3v) is 10.4. The molecule has 4 aliphatic carbocycles. The lowest BCUT2D eigenvalue weighted by molar-refractivity contribution is -0.201. The summed E-state index contributed by atoms with van der Waals surface area (Å²) in [6.07, 6.45) is 6.15. The average Bonchev–Trinajstić information content (AvgIpc) is 3.06. The van der Waals surface area contributed by atoms with Crippen molar-refractivity contribution in [3.63, 3.8) is 0 Å². The number of rotatable bonds is 4. The highest BCUT2D eigenvalue weighted by molar-refractivity contribution is 5.79. The lowest BCUT2D eigenvalue weighted by Gasteiger charge is -2.63. The maximum Gasteiger partial charge on any atom is 0.305 e. The zero-order valence-corrected chi connectivity index (χ0v) is 19.1. The zero-order chi connectivity index (χ0) is 21.8. The van der Waals surface area contributed by atoms with Gasteiger partial charge in [0, 0.05) is 19.3 Å². The molecule has 2 N–H and O–H groups in total. The number of Topliss-reactive ketones (excluding diaryl/α,β-unsaturated/α-hetero) is 1. The van der Waals surface area contributed by atoms with Gasteiger partial charge >= 0.3 is 5.97 Å². The Kier molecular flexibility index (Phi) is 5.85. The topological polar surface area (TPSA) is 83.8 Å². The van der Waals surface area contributed by atoms with Crippen molar-refractivity contribution < 1.29 is 24.5 Å². The van der Waals surface area contributed by atoms with E-state index in [0.29, 0.717) is 42.8 Å². The predicted octanol–water partition coefficient (Wildman–Crippen LogP) is 3.75. The number of fused-ring (bicyclic) bond motifs is 5. The van der Waals surface area contributed by atoms with Crippen LogP contribution in [0.25, 0.3) is 0 Å². The Morgan fingerprint density at radius 2 is 1.93 bits per heavy atom. The molecular weight excluding hydrogens is 380 g/mol. The number of carbonyl (C=O) groups is 2. The molecule has 5 heteroatoms. The van der Waals surface area contributed by atoms with E-state index < -0.39 is 6.10 Å². The molecule has 4 saturated carbocycles. The minimum atomic E-state index is -0.391. The Morgan fingerprint density at radius 1 is 1.20 bits per heavy atom. The molecule has 4 fully saturated rings. The molecular formula is C25H40O5. The largest absolute Gasteiger partial charge is 0.469 e.